The van der Waals surface area contributed by atoms with E-state index in [2.05, 4.69) is 5.32 Å². The second-order valence-corrected chi connectivity index (χ2v) is 12.5. The monoisotopic (exact) mass is 586 g/mol. The number of sulfonamides is 1. The number of benzene rings is 3. The predicted octanol–water partition coefficient (Wildman–Crippen LogP) is 4.78. The molecule has 1 atom stereocenters. The van der Waals surface area contributed by atoms with Crippen LogP contribution in [0.5, 0.6) is 0 Å². The Morgan fingerprint density at radius 2 is 1.62 bits per heavy atom. The standard InChI is InChI=1S/C28H31ClN4O6S/c1-20(27(35)30-28(2,3)4)31(18-21-9-8-10-22(29)17-21)26(34)19-32(23-13-15-24(16-14-23)33(36)37)40(38,39)25-11-6-5-7-12-25/h5-17,20H,18-19H2,1-4H3,(H,30,35)/t20-/m0/s1. The molecule has 3 aromatic carbocycles. The SMILES string of the molecule is C[C@@H](C(=O)NC(C)(C)C)N(Cc1cccc(Cl)c1)C(=O)CN(c1ccc([N+](=O)[O-])cc1)S(=O)(=O)c1ccccc1. The number of nitro groups is 1. The van der Waals surface area contributed by atoms with Crippen LogP contribution in [0, 0.1) is 10.1 Å². The summed E-state index contributed by atoms with van der Waals surface area (Å²) < 4.78 is 28.3. The van der Waals surface area contributed by atoms with Crippen molar-refractivity contribution >= 4 is 44.8 Å². The van der Waals surface area contributed by atoms with E-state index in [0.29, 0.717) is 10.6 Å². The molecule has 0 bridgehead atoms. The zero-order valence-electron chi connectivity index (χ0n) is 22.6. The van der Waals surface area contributed by atoms with Crippen LogP contribution in [-0.2, 0) is 26.2 Å². The van der Waals surface area contributed by atoms with Crippen LogP contribution in [0.2, 0.25) is 5.02 Å². The number of halogens is 1. The molecule has 12 heteroatoms. The van der Waals surface area contributed by atoms with Crippen molar-refractivity contribution < 1.29 is 22.9 Å². The maximum absolute atomic E-state index is 13.9. The third-order valence-electron chi connectivity index (χ3n) is 5.87. The second kappa shape index (κ2) is 12.5. The van der Waals surface area contributed by atoms with Crippen molar-refractivity contribution in [3.05, 3.63) is 99.6 Å². The number of carbonyl (C=O) groups excluding carboxylic acids is 2. The summed E-state index contributed by atoms with van der Waals surface area (Å²) >= 11 is 6.15. The van der Waals surface area contributed by atoms with Crippen LogP contribution in [0.4, 0.5) is 11.4 Å². The molecule has 1 N–H and O–H groups in total. The molecule has 0 unspecified atom stereocenters. The van der Waals surface area contributed by atoms with Crippen molar-refractivity contribution in [3.8, 4) is 0 Å². The number of nitrogens with zero attached hydrogens (tertiary/aromatic N) is 3. The van der Waals surface area contributed by atoms with Crippen molar-refractivity contribution in [2.75, 3.05) is 10.8 Å². The van der Waals surface area contributed by atoms with Gasteiger partial charge in [0.2, 0.25) is 11.8 Å². The van der Waals surface area contributed by atoms with Gasteiger partial charge < -0.3 is 10.2 Å². The summed E-state index contributed by atoms with van der Waals surface area (Å²) in [5.74, 6) is -1.08. The van der Waals surface area contributed by atoms with E-state index in [9.17, 15) is 28.1 Å². The normalized spacial score (nSPS) is 12.3. The van der Waals surface area contributed by atoms with Crippen molar-refractivity contribution in [2.45, 2.75) is 50.7 Å². The highest BCUT2D eigenvalue weighted by molar-refractivity contribution is 7.92. The summed E-state index contributed by atoms with van der Waals surface area (Å²) in [6.45, 7) is 6.31. The highest BCUT2D eigenvalue weighted by atomic mass is 35.5. The van der Waals surface area contributed by atoms with Crippen molar-refractivity contribution in [1.82, 2.24) is 10.2 Å². The lowest BCUT2D eigenvalue weighted by atomic mass is 10.1. The number of nitro benzene ring substituents is 1. The Labute approximate surface area is 238 Å². The molecule has 3 aromatic rings. The highest BCUT2D eigenvalue weighted by Crippen LogP contribution is 2.26. The van der Waals surface area contributed by atoms with Gasteiger partial charge in [0.15, 0.2) is 0 Å². The summed E-state index contributed by atoms with van der Waals surface area (Å²) in [7, 11) is -4.28. The minimum Gasteiger partial charge on any atom is -0.350 e. The molecule has 0 spiro atoms. The minimum absolute atomic E-state index is 0.0163. The van der Waals surface area contributed by atoms with Crippen molar-refractivity contribution in [2.24, 2.45) is 0 Å². The molecular weight excluding hydrogens is 556 g/mol. The topological polar surface area (TPSA) is 130 Å². The summed E-state index contributed by atoms with van der Waals surface area (Å²) in [6, 6.07) is 18.2. The maximum Gasteiger partial charge on any atom is 0.269 e. The Balaban J connectivity index is 2.05. The van der Waals surface area contributed by atoms with Gasteiger partial charge in [0.1, 0.15) is 12.6 Å². The van der Waals surface area contributed by atoms with Gasteiger partial charge >= 0.3 is 0 Å². The number of amides is 2. The molecule has 0 fully saturated rings. The van der Waals surface area contributed by atoms with Crippen LogP contribution < -0.4 is 9.62 Å². The van der Waals surface area contributed by atoms with Crippen molar-refractivity contribution in [1.29, 1.82) is 0 Å². The number of rotatable bonds is 10. The average molecular weight is 587 g/mol. The Morgan fingerprint density at radius 1 is 1.00 bits per heavy atom. The minimum atomic E-state index is -4.28. The lowest BCUT2D eigenvalue weighted by molar-refractivity contribution is -0.384. The smallest absolute Gasteiger partial charge is 0.269 e. The number of carbonyl (C=O) groups is 2. The van der Waals surface area contributed by atoms with Gasteiger partial charge in [-0.3, -0.25) is 24.0 Å². The molecule has 0 aliphatic rings. The molecule has 0 aliphatic heterocycles. The van der Waals surface area contributed by atoms with Crippen LogP contribution in [0.3, 0.4) is 0 Å². The molecule has 212 valence electrons. The van der Waals surface area contributed by atoms with Gasteiger partial charge in [-0.1, -0.05) is 41.9 Å². The van der Waals surface area contributed by atoms with Crippen LogP contribution in [-0.4, -0.2) is 48.2 Å². The number of hydrogen-bond donors (Lipinski definition) is 1. The lowest BCUT2D eigenvalue weighted by Gasteiger charge is -2.33. The molecule has 0 heterocycles. The van der Waals surface area contributed by atoms with Gasteiger partial charge in [0, 0.05) is 29.2 Å². The number of non-ortho nitro benzene ring substituents is 1. The molecule has 0 aliphatic carbocycles. The summed E-state index contributed by atoms with van der Waals surface area (Å²) in [5.41, 5.74) is -0.110. The third-order valence-corrected chi connectivity index (χ3v) is 7.89. The molecule has 2 amide bonds. The Kier molecular flexibility index (Phi) is 9.54. The van der Waals surface area contributed by atoms with Crippen LogP contribution >= 0.6 is 11.6 Å². The lowest BCUT2D eigenvalue weighted by Crippen LogP contribution is -2.54. The first-order valence-electron chi connectivity index (χ1n) is 12.4. The van der Waals surface area contributed by atoms with E-state index in [0.717, 1.165) is 16.4 Å². The van der Waals surface area contributed by atoms with E-state index in [1.165, 1.54) is 29.2 Å². The van der Waals surface area contributed by atoms with E-state index < -0.39 is 44.9 Å². The summed E-state index contributed by atoms with van der Waals surface area (Å²) in [4.78, 5) is 38.8. The molecule has 0 radical (unpaired) electrons. The molecule has 40 heavy (non-hydrogen) atoms. The molecule has 10 nitrogen and oxygen atoms in total. The van der Waals surface area contributed by atoms with Crippen LogP contribution in [0.25, 0.3) is 0 Å². The zero-order valence-corrected chi connectivity index (χ0v) is 24.1. The molecular formula is C28H31ClN4O6S. The van der Waals surface area contributed by atoms with Crippen molar-refractivity contribution in [3.63, 3.8) is 0 Å². The molecule has 0 aromatic heterocycles. The van der Waals surface area contributed by atoms with E-state index in [4.69, 9.17) is 11.6 Å². The Bertz CT molecular complexity index is 1470. The zero-order chi connectivity index (χ0) is 29.7. The number of hydrogen-bond acceptors (Lipinski definition) is 6. The fraction of sp³-hybridized carbons (Fsp3) is 0.286. The number of nitrogens with one attached hydrogen (secondary N) is 1. The second-order valence-electron chi connectivity index (χ2n) is 10.2. The van der Waals surface area contributed by atoms with Gasteiger partial charge in [-0.15, -0.1) is 0 Å². The molecule has 3 rings (SSSR count). The van der Waals surface area contributed by atoms with E-state index in [1.807, 2.05) is 20.8 Å². The quantitative estimate of drug-likeness (QED) is 0.269. The fourth-order valence-corrected chi connectivity index (χ4v) is 5.53. The van der Waals surface area contributed by atoms with Crippen LogP contribution in [0.15, 0.2) is 83.8 Å². The van der Waals surface area contributed by atoms with E-state index in [-0.39, 0.29) is 22.8 Å². The van der Waals surface area contributed by atoms with Gasteiger partial charge in [0.25, 0.3) is 15.7 Å². The largest absolute Gasteiger partial charge is 0.350 e. The van der Waals surface area contributed by atoms with Gasteiger partial charge in [-0.25, -0.2) is 8.42 Å². The predicted molar refractivity (Wildman–Crippen MR) is 153 cm³/mol. The average Bonchev–Trinajstić information content (AvgIpc) is 2.89. The van der Waals surface area contributed by atoms with Gasteiger partial charge in [-0.2, -0.15) is 0 Å². The van der Waals surface area contributed by atoms with Gasteiger partial charge in [-0.05, 0) is 69.7 Å². The number of anilines is 1. The fourth-order valence-electron chi connectivity index (χ4n) is 3.88. The summed E-state index contributed by atoms with van der Waals surface area (Å²) in [5, 5.41) is 14.5. The molecule has 0 saturated carbocycles. The first kappa shape index (κ1) is 30.6. The van der Waals surface area contributed by atoms with Gasteiger partial charge in [0.05, 0.1) is 15.5 Å². The molecule has 0 saturated heterocycles. The highest BCUT2D eigenvalue weighted by Gasteiger charge is 2.33. The third kappa shape index (κ3) is 7.80. The van der Waals surface area contributed by atoms with E-state index >= 15 is 0 Å². The maximum atomic E-state index is 13.9. The first-order chi connectivity index (χ1) is 18.7. The summed E-state index contributed by atoms with van der Waals surface area (Å²) in [6.07, 6.45) is 0. The Hall–Kier alpha value is -3.96. The van der Waals surface area contributed by atoms with Crippen LogP contribution in [0.1, 0.15) is 33.3 Å². The van der Waals surface area contributed by atoms with E-state index in [1.54, 1.807) is 49.4 Å². The first-order valence-corrected chi connectivity index (χ1v) is 14.2. The Morgan fingerprint density at radius 3 is 2.17 bits per heavy atom.